The van der Waals surface area contributed by atoms with Crippen LogP contribution in [0.4, 0.5) is 23.8 Å². The first kappa shape index (κ1) is 32.2. The van der Waals surface area contributed by atoms with E-state index in [2.05, 4.69) is 37.6 Å². The highest BCUT2D eigenvalue weighted by Crippen LogP contribution is 2.46. The number of benzene rings is 1. The van der Waals surface area contributed by atoms with Gasteiger partial charge in [0.25, 0.3) is 0 Å². The SMILES string of the molecule is CCN1CCC(Oc2nc(N3CCC4(CC3)CN(C(=O)OC(C)(C)C)C4)c3cc(Cl)c(Br)c(OCC(F)(F)F)c3n2)CC1. The summed E-state index contributed by atoms with van der Waals surface area (Å²) in [5.74, 6) is 0.435. The fourth-order valence-electron chi connectivity index (χ4n) is 5.95. The van der Waals surface area contributed by atoms with Crippen LogP contribution in [-0.4, -0.2) is 96.2 Å². The summed E-state index contributed by atoms with van der Waals surface area (Å²) in [4.78, 5) is 28.0. The largest absolute Gasteiger partial charge is 0.481 e. The summed E-state index contributed by atoms with van der Waals surface area (Å²) < 4.78 is 56.8. The summed E-state index contributed by atoms with van der Waals surface area (Å²) in [5.41, 5.74) is -0.362. The molecule has 3 aliphatic heterocycles. The Morgan fingerprint density at radius 3 is 2.35 bits per heavy atom. The molecular formula is C29H38BrClF3N5O4. The molecule has 0 saturated carbocycles. The molecule has 1 aromatic carbocycles. The number of anilines is 1. The fraction of sp³-hybridized carbons (Fsp3) is 0.690. The lowest BCUT2D eigenvalue weighted by molar-refractivity contribution is -0.153. The van der Waals surface area contributed by atoms with E-state index in [1.165, 1.54) is 0 Å². The number of carbonyl (C=O) groups is 1. The number of halogens is 5. The van der Waals surface area contributed by atoms with Crippen molar-refractivity contribution in [2.75, 3.05) is 57.3 Å². The van der Waals surface area contributed by atoms with Gasteiger partial charge in [-0.25, -0.2) is 4.79 Å². The normalized spacial score (nSPS) is 19.9. The fourth-order valence-corrected chi connectivity index (χ4v) is 6.56. The van der Waals surface area contributed by atoms with Crippen LogP contribution in [0.2, 0.25) is 5.02 Å². The monoisotopic (exact) mass is 691 g/mol. The Morgan fingerprint density at radius 2 is 1.77 bits per heavy atom. The predicted molar refractivity (Wildman–Crippen MR) is 161 cm³/mol. The zero-order valence-corrected chi connectivity index (χ0v) is 27.2. The summed E-state index contributed by atoms with van der Waals surface area (Å²) in [6, 6.07) is 1.75. The van der Waals surface area contributed by atoms with Gasteiger partial charge in [-0.05, 0) is 75.0 Å². The molecule has 43 heavy (non-hydrogen) atoms. The van der Waals surface area contributed by atoms with E-state index >= 15 is 0 Å². The molecule has 1 aromatic heterocycles. The number of fused-ring (bicyclic) bond motifs is 1. The average molecular weight is 693 g/mol. The van der Waals surface area contributed by atoms with Crippen molar-refractivity contribution in [1.82, 2.24) is 19.8 Å². The zero-order chi connectivity index (χ0) is 31.2. The van der Waals surface area contributed by atoms with Crippen LogP contribution in [0.25, 0.3) is 10.9 Å². The molecule has 1 amide bonds. The Morgan fingerprint density at radius 1 is 1.12 bits per heavy atom. The van der Waals surface area contributed by atoms with Crippen molar-refractivity contribution >= 4 is 50.3 Å². The molecule has 4 heterocycles. The van der Waals surface area contributed by atoms with Crippen molar-refractivity contribution in [2.45, 2.75) is 71.3 Å². The van der Waals surface area contributed by atoms with E-state index in [-0.39, 0.29) is 44.4 Å². The van der Waals surface area contributed by atoms with Crippen LogP contribution in [0.5, 0.6) is 11.8 Å². The summed E-state index contributed by atoms with van der Waals surface area (Å²) in [6.45, 7) is 11.4. The first-order chi connectivity index (χ1) is 20.2. The Kier molecular flexibility index (Phi) is 9.17. The number of piperidine rings is 2. The van der Waals surface area contributed by atoms with Gasteiger partial charge in [0, 0.05) is 50.1 Å². The molecule has 3 fully saturated rings. The third kappa shape index (κ3) is 7.53. The molecule has 3 aliphatic rings. The molecule has 0 unspecified atom stereocenters. The van der Waals surface area contributed by atoms with Crippen molar-refractivity contribution in [2.24, 2.45) is 5.41 Å². The van der Waals surface area contributed by atoms with E-state index < -0.39 is 18.4 Å². The van der Waals surface area contributed by atoms with E-state index in [1.54, 1.807) is 11.0 Å². The van der Waals surface area contributed by atoms with Crippen LogP contribution in [0.15, 0.2) is 10.5 Å². The highest BCUT2D eigenvalue weighted by Gasteiger charge is 2.48. The van der Waals surface area contributed by atoms with E-state index in [0.717, 1.165) is 45.3 Å². The number of ether oxygens (including phenoxy) is 3. The first-order valence-corrected chi connectivity index (χ1v) is 15.8. The molecule has 1 spiro atoms. The number of carbonyl (C=O) groups excluding carboxylic acids is 1. The number of hydrogen-bond acceptors (Lipinski definition) is 8. The lowest BCUT2D eigenvalue weighted by atomic mass is 9.72. The number of rotatable bonds is 6. The highest BCUT2D eigenvalue weighted by molar-refractivity contribution is 9.10. The van der Waals surface area contributed by atoms with Gasteiger partial charge >= 0.3 is 18.3 Å². The van der Waals surface area contributed by atoms with Gasteiger partial charge in [-0.3, -0.25) is 0 Å². The Labute approximate surface area is 263 Å². The molecular weight excluding hydrogens is 655 g/mol. The van der Waals surface area contributed by atoms with Crippen LogP contribution in [0.3, 0.4) is 0 Å². The molecule has 0 bridgehead atoms. The molecule has 238 valence electrons. The number of aromatic nitrogens is 2. The van der Waals surface area contributed by atoms with E-state index in [4.69, 9.17) is 30.8 Å². The van der Waals surface area contributed by atoms with Gasteiger partial charge in [-0.15, -0.1) is 0 Å². The minimum Gasteiger partial charge on any atom is -0.481 e. The number of alkyl halides is 3. The van der Waals surface area contributed by atoms with E-state index in [9.17, 15) is 18.0 Å². The predicted octanol–water partition coefficient (Wildman–Crippen LogP) is 6.69. The molecule has 0 N–H and O–H groups in total. The number of amides is 1. The maximum atomic E-state index is 13.2. The average Bonchev–Trinajstić information content (AvgIpc) is 2.91. The van der Waals surface area contributed by atoms with Gasteiger partial charge in [0.15, 0.2) is 12.4 Å². The Hall–Kier alpha value is -2.25. The first-order valence-electron chi connectivity index (χ1n) is 14.7. The molecule has 5 rings (SSSR count). The zero-order valence-electron chi connectivity index (χ0n) is 24.9. The molecule has 0 aliphatic carbocycles. The molecule has 0 atom stereocenters. The third-order valence-electron chi connectivity index (χ3n) is 8.26. The third-order valence-corrected chi connectivity index (χ3v) is 9.58. The maximum Gasteiger partial charge on any atom is 0.422 e. The van der Waals surface area contributed by atoms with Crippen LogP contribution in [0.1, 0.15) is 53.4 Å². The molecule has 3 saturated heterocycles. The second kappa shape index (κ2) is 12.3. The van der Waals surface area contributed by atoms with Gasteiger partial charge in [0.2, 0.25) is 0 Å². The van der Waals surface area contributed by atoms with Crippen LogP contribution in [-0.2, 0) is 4.74 Å². The van der Waals surface area contributed by atoms with Crippen molar-refractivity contribution in [3.05, 3.63) is 15.6 Å². The van der Waals surface area contributed by atoms with Gasteiger partial charge in [-0.1, -0.05) is 18.5 Å². The molecule has 14 heteroatoms. The highest BCUT2D eigenvalue weighted by atomic mass is 79.9. The van der Waals surface area contributed by atoms with Crippen LogP contribution >= 0.6 is 27.5 Å². The van der Waals surface area contributed by atoms with Gasteiger partial charge in [0.05, 0.1) is 9.50 Å². The number of nitrogens with zero attached hydrogens (tertiary/aromatic N) is 5. The maximum absolute atomic E-state index is 13.2. The van der Waals surface area contributed by atoms with Gasteiger partial charge in [0.1, 0.15) is 23.0 Å². The minimum absolute atomic E-state index is 0.00945. The van der Waals surface area contributed by atoms with E-state index in [0.29, 0.717) is 37.4 Å². The summed E-state index contributed by atoms with van der Waals surface area (Å²) in [5, 5.41) is 0.675. The molecule has 9 nitrogen and oxygen atoms in total. The standard InChI is InChI=1S/C29H38BrClF3N5O4/c1-5-37-10-6-18(7-11-37)42-25-35-22-19(14-20(31)21(30)23(22)41-17-29(32,33)34)24(36-25)38-12-8-28(9-13-38)15-39(16-28)26(40)43-27(2,3)4/h14,18H,5-13,15-17H2,1-4H3. The van der Waals surface area contributed by atoms with E-state index in [1.807, 2.05) is 20.8 Å². The topological polar surface area (TPSA) is 80.3 Å². The quantitative estimate of drug-likeness (QED) is 0.332. The van der Waals surface area contributed by atoms with Crippen molar-refractivity contribution in [3.8, 4) is 11.8 Å². The summed E-state index contributed by atoms with van der Waals surface area (Å²) in [6.07, 6.45) is -1.74. The van der Waals surface area contributed by atoms with Crippen molar-refractivity contribution in [3.63, 3.8) is 0 Å². The van der Waals surface area contributed by atoms with Gasteiger partial charge in [-0.2, -0.15) is 23.1 Å². The van der Waals surface area contributed by atoms with Crippen molar-refractivity contribution < 1.29 is 32.2 Å². The number of hydrogen-bond donors (Lipinski definition) is 0. The summed E-state index contributed by atoms with van der Waals surface area (Å²) in [7, 11) is 0. The lowest BCUT2D eigenvalue weighted by Crippen LogP contribution is -2.62. The minimum atomic E-state index is -4.55. The second-order valence-electron chi connectivity index (χ2n) is 12.7. The second-order valence-corrected chi connectivity index (χ2v) is 13.9. The smallest absolute Gasteiger partial charge is 0.422 e. The Bertz CT molecular complexity index is 1330. The Balaban J connectivity index is 1.41. The lowest BCUT2D eigenvalue weighted by Gasteiger charge is -2.53. The molecule has 0 radical (unpaired) electrons. The number of likely N-dealkylation sites (tertiary alicyclic amines) is 2. The van der Waals surface area contributed by atoms with Crippen LogP contribution < -0.4 is 14.4 Å². The molecule has 2 aromatic rings. The van der Waals surface area contributed by atoms with Crippen LogP contribution in [0, 0.1) is 5.41 Å². The summed E-state index contributed by atoms with van der Waals surface area (Å²) >= 11 is 9.78. The van der Waals surface area contributed by atoms with Gasteiger partial charge < -0.3 is 28.9 Å². The van der Waals surface area contributed by atoms with Crippen molar-refractivity contribution in [1.29, 1.82) is 0 Å².